The molecule has 0 aliphatic carbocycles. The van der Waals surface area contributed by atoms with E-state index >= 15 is 0 Å². The number of hydrogen-bond acceptors (Lipinski definition) is 4. The van der Waals surface area contributed by atoms with E-state index in [9.17, 15) is 9.59 Å². The number of carbonyl (C=O) groups excluding carboxylic acids is 2. The van der Waals surface area contributed by atoms with E-state index in [4.69, 9.17) is 5.11 Å². The van der Waals surface area contributed by atoms with Crippen molar-refractivity contribution in [3.8, 4) is 0 Å². The van der Waals surface area contributed by atoms with E-state index in [1.165, 1.54) is 7.11 Å². The lowest BCUT2D eigenvalue weighted by Crippen LogP contribution is -2.44. The molecule has 1 unspecified atom stereocenters. The summed E-state index contributed by atoms with van der Waals surface area (Å²) in [4.78, 5) is 22.8. The predicted molar refractivity (Wildman–Crippen MR) is 68.9 cm³/mol. The summed E-state index contributed by atoms with van der Waals surface area (Å²) in [5.41, 5.74) is 0.809. The highest BCUT2D eigenvalue weighted by molar-refractivity contribution is 9.10. The van der Waals surface area contributed by atoms with Gasteiger partial charge in [-0.25, -0.2) is 4.79 Å². The lowest BCUT2D eigenvalue weighted by atomic mass is 10.1. The molecule has 0 aliphatic rings. The largest absolute Gasteiger partial charge is 0.467 e. The van der Waals surface area contributed by atoms with Gasteiger partial charge < -0.3 is 15.2 Å². The van der Waals surface area contributed by atoms with Crippen LogP contribution in [0.4, 0.5) is 0 Å². The van der Waals surface area contributed by atoms with Gasteiger partial charge in [-0.1, -0.05) is 28.1 Å². The molecule has 0 heterocycles. The Balaban J connectivity index is 2.58. The molecule has 1 amide bonds. The molecule has 1 aromatic rings. The normalized spacial score (nSPS) is 11.7. The number of methoxy groups -OCH3 is 1. The Morgan fingerprint density at radius 2 is 2.22 bits per heavy atom. The summed E-state index contributed by atoms with van der Waals surface area (Å²) < 4.78 is 5.33. The van der Waals surface area contributed by atoms with Gasteiger partial charge in [0.25, 0.3) is 0 Å². The number of benzene rings is 1. The fourth-order valence-electron chi connectivity index (χ4n) is 1.40. The fourth-order valence-corrected chi connectivity index (χ4v) is 1.85. The molecule has 0 fully saturated rings. The first-order chi connectivity index (χ1) is 8.56. The number of halogens is 1. The van der Waals surface area contributed by atoms with Crippen molar-refractivity contribution in [3.05, 3.63) is 34.3 Å². The van der Waals surface area contributed by atoms with E-state index in [1.54, 1.807) is 6.07 Å². The number of ether oxygens (including phenoxy) is 1. The molecule has 0 saturated carbocycles. The molecule has 18 heavy (non-hydrogen) atoms. The number of esters is 1. The summed E-state index contributed by atoms with van der Waals surface area (Å²) >= 11 is 3.31. The summed E-state index contributed by atoms with van der Waals surface area (Å²) in [5.74, 6) is -1.02. The minimum absolute atomic E-state index is 0.132. The molecule has 0 saturated heterocycles. The molecule has 2 N–H and O–H groups in total. The number of aliphatic hydroxyl groups excluding tert-OH is 1. The average molecular weight is 316 g/mol. The smallest absolute Gasteiger partial charge is 0.330 e. The van der Waals surface area contributed by atoms with Gasteiger partial charge in [0.2, 0.25) is 5.91 Å². The van der Waals surface area contributed by atoms with Gasteiger partial charge >= 0.3 is 5.97 Å². The van der Waals surface area contributed by atoms with Gasteiger partial charge in [-0.3, -0.25) is 4.79 Å². The van der Waals surface area contributed by atoms with Gasteiger partial charge in [-0.2, -0.15) is 0 Å². The average Bonchev–Trinajstić information content (AvgIpc) is 2.35. The van der Waals surface area contributed by atoms with Crippen molar-refractivity contribution in [1.29, 1.82) is 0 Å². The molecule has 0 spiro atoms. The van der Waals surface area contributed by atoms with Crippen molar-refractivity contribution in [2.75, 3.05) is 13.7 Å². The van der Waals surface area contributed by atoms with Crippen LogP contribution in [0.25, 0.3) is 0 Å². The maximum absolute atomic E-state index is 11.7. The Kier molecular flexibility index (Phi) is 5.80. The quantitative estimate of drug-likeness (QED) is 0.782. The first-order valence-electron chi connectivity index (χ1n) is 5.29. The first-order valence-corrected chi connectivity index (χ1v) is 6.08. The van der Waals surface area contributed by atoms with E-state index in [1.807, 2.05) is 18.2 Å². The molecule has 6 heteroatoms. The van der Waals surface area contributed by atoms with Crippen molar-refractivity contribution >= 4 is 27.8 Å². The van der Waals surface area contributed by atoms with E-state index < -0.39 is 18.6 Å². The number of rotatable bonds is 5. The Hall–Kier alpha value is -1.40. The molecule has 1 aromatic carbocycles. The number of carbonyl (C=O) groups is 2. The van der Waals surface area contributed by atoms with Crippen molar-refractivity contribution in [2.45, 2.75) is 12.5 Å². The zero-order valence-electron chi connectivity index (χ0n) is 9.85. The van der Waals surface area contributed by atoms with Crippen LogP contribution in [-0.2, 0) is 20.7 Å². The summed E-state index contributed by atoms with van der Waals surface area (Å²) in [5, 5.41) is 11.4. The second-order valence-corrected chi connectivity index (χ2v) is 4.55. The van der Waals surface area contributed by atoms with Crippen LogP contribution in [0.5, 0.6) is 0 Å². The molecule has 5 nitrogen and oxygen atoms in total. The molecule has 98 valence electrons. The zero-order chi connectivity index (χ0) is 13.5. The molecule has 0 bridgehead atoms. The van der Waals surface area contributed by atoms with E-state index in [2.05, 4.69) is 26.0 Å². The van der Waals surface area contributed by atoms with Gasteiger partial charge in [0.1, 0.15) is 0 Å². The van der Waals surface area contributed by atoms with Crippen LogP contribution in [0, 0.1) is 0 Å². The van der Waals surface area contributed by atoms with Crippen molar-refractivity contribution in [2.24, 2.45) is 0 Å². The molecule has 1 rings (SSSR count). The van der Waals surface area contributed by atoms with Gasteiger partial charge in [0.15, 0.2) is 6.04 Å². The summed E-state index contributed by atoms with van der Waals surface area (Å²) in [7, 11) is 1.20. The Morgan fingerprint density at radius 1 is 1.50 bits per heavy atom. The minimum Gasteiger partial charge on any atom is -0.467 e. The minimum atomic E-state index is -1.02. The molecule has 0 aliphatic heterocycles. The summed E-state index contributed by atoms with van der Waals surface area (Å²) in [6, 6.07) is 6.26. The summed E-state index contributed by atoms with van der Waals surface area (Å²) in [6.45, 7) is -0.489. The Labute approximate surface area is 113 Å². The Morgan fingerprint density at radius 3 is 2.78 bits per heavy atom. The van der Waals surface area contributed by atoms with Crippen LogP contribution in [0.1, 0.15) is 5.56 Å². The van der Waals surface area contributed by atoms with Crippen LogP contribution >= 0.6 is 15.9 Å². The highest BCUT2D eigenvalue weighted by atomic mass is 79.9. The van der Waals surface area contributed by atoms with E-state index in [0.717, 1.165) is 10.0 Å². The van der Waals surface area contributed by atoms with Gasteiger partial charge in [-0.15, -0.1) is 0 Å². The van der Waals surface area contributed by atoms with Crippen LogP contribution in [0.15, 0.2) is 28.7 Å². The fraction of sp³-hybridized carbons (Fsp3) is 0.333. The highest BCUT2D eigenvalue weighted by Gasteiger charge is 2.20. The first kappa shape index (κ1) is 14.7. The monoisotopic (exact) mass is 315 g/mol. The second-order valence-electron chi connectivity index (χ2n) is 3.63. The standard InChI is InChI=1S/C12H14BrNO4/c1-18-12(17)10(7-15)14-11(16)6-8-3-2-4-9(13)5-8/h2-5,10,15H,6-7H2,1H3,(H,14,16). The zero-order valence-corrected chi connectivity index (χ0v) is 11.4. The lowest BCUT2D eigenvalue weighted by Gasteiger charge is -2.13. The number of nitrogens with one attached hydrogen (secondary N) is 1. The third kappa shape index (κ3) is 4.46. The van der Waals surface area contributed by atoms with Crippen LogP contribution in [0.3, 0.4) is 0 Å². The van der Waals surface area contributed by atoms with Crippen LogP contribution < -0.4 is 5.32 Å². The SMILES string of the molecule is COC(=O)C(CO)NC(=O)Cc1cccc(Br)c1. The third-order valence-electron chi connectivity index (χ3n) is 2.26. The molecular formula is C12H14BrNO4. The lowest BCUT2D eigenvalue weighted by molar-refractivity contribution is -0.146. The molecular weight excluding hydrogens is 302 g/mol. The van der Waals surface area contributed by atoms with Gasteiger partial charge in [-0.05, 0) is 17.7 Å². The maximum atomic E-state index is 11.7. The molecule has 0 radical (unpaired) electrons. The van der Waals surface area contributed by atoms with Crippen molar-refractivity contribution in [1.82, 2.24) is 5.32 Å². The molecule has 1 atom stereocenters. The van der Waals surface area contributed by atoms with Crippen LogP contribution in [0.2, 0.25) is 0 Å². The Bertz CT molecular complexity index is 436. The van der Waals surface area contributed by atoms with Gasteiger partial charge in [0, 0.05) is 4.47 Å². The maximum Gasteiger partial charge on any atom is 0.330 e. The number of hydrogen-bond donors (Lipinski definition) is 2. The van der Waals surface area contributed by atoms with Crippen molar-refractivity contribution in [3.63, 3.8) is 0 Å². The highest BCUT2D eigenvalue weighted by Crippen LogP contribution is 2.12. The van der Waals surface area contributed by atoms with E-state index in [-0.39, 0.29) is 12.3 Å². The third-order valence-corrected chi connectivity index (χ3v) is 2.75. The number of amides is 1. The van der Waals surface area contributed by atoms with Gasteiger partial charge in [0.05, 0.1) is 20.1 Å². The van der Waals surface area contributed by atoms with Crippen molar-refractivity contribution < 1.29 is 19.4 Å². The topological polar surface area (TPSA) is 75.6 Å². The second kappa shape index (κ2) is 7.13. The van der Waals surface area contributed by atoms with Crippen LogP contribution in [-0.4, -0.2) is 36.7 Å². The van der Waals surface area contributed by atoms with E-state index in [0.29, 0.717) is 0 Å². The molecule has 0 aromatic heterocycles. The predicted octanol–water partition coefficient (Wildman–Crippen LogP) is 0.642. The summed E-state index contributed by atoms with van der Waals surface area (Å²) in [6.07, 6.45) is 0.132. The number of aliphatic hydroxyl groups is 1.